The third kappa shape index (κ3) is 2.09. The molecule has 1 saturated heterocycles. The summed E-state index contributed by atoms with van der Waals surface area (Å²) in [5.74, 6) is -0.685. The number of thiazole rings is 1. The van der Waals surface area contributed by atoms with Gasteiger partial charge in [0.05, 0.1) is 4.70 Å². The highest BCUT2D eigenvalue weighted by Gasteiger charge is 2.33. The van der Waals surface area contributed by atoms with E-state index in [2.05, 4.69) is 10.3 Å². The topological polar surface area (TPSA) is 88.3 Å². The number of nitrogens with two attached hydrogens (primary N) is 1. The van der Waals surface area contributed by atoms with Crippen molar-refractivity contribution in [1.82, 2.24) is 15.2 Å². The zero-order valence-electron chi connectivity index (χ0n) is 10.2. The van der Waals surface area contributed by atoms with Crippen molar-refractivity contribution in [3.63, 3.8) is 0 Å². The highest BCUT2D eigenvalue weighted by molar-refractivity contribution is 7.80. The molecule has 0 saturated carbocycles. The van der Waals surface area contributed by atoms with Gasteiger partial charge in [0, 0.05) is 11.8 Å². The van der Waals surface area contributed by atoms with Crippen molar-refractivity contribution in [1.29, 1.82) is 0 Å². The summed E-state index contributed by atoms with van der Waals surface area (Å²) < 4.78 is 0.953. The minimum absolute atomic E-state index is 0.106. The Morgan fingerprint density at radius 1 is 1.55 bits per heavy atom. The summed E-state index contributed by atoms with van der Waals surface area (Å²) in [5.41, 5.74) is 5.84. The van der Waals surface area contributed by atoms with E-state index in [1.54, 1.807) is 6.08 Å². The van der Waals surface area contributed by atoms with Gasteiger partial charge in [0.2, 0.25) is 5.91 Å². The summed E-state index contributed by atoms with van der Waals surface area (Å²) in [6.45, 7) is 1.36. The van der Waals surface area contributed by atoms with Crippen molar-refractivity contribution in [3.05, 3.63) is 16.6 Å². The first-order valence-corrected chi connectivity index (χ1v) is 7.53. The van der Waals surface area contributed by atoms with Gasteiger partial charge in [-0.2, -0.15) is 0 Å². The summed E-state index contributed by atoms with van der Waals surface area (Å²) in [5, 5.41) is 3.07. The molecular formula is C11H8N4O2S3. The number of anilines is 1. The van der Waals surface area contributed by atoms with Crippen LogP contribution in [0.5, 0.6) is 0 Å². The molecule has 9 heteroatoms. The lowest BCUT2D eigenvalue weighted by Crippen LogP contribution is -2.31. The number of carbonyl (C=O) groups excluding carboxylic acids is 2. The molecule has 6 nitrogen and oxygen atoms in total. The Bertz CT molecular complexity index is 757. The Labute approximate surface area is 126 Å². The number of nitrogens with zero attached hydrogens (tertiary/aromatic N) is 2. The van der Waals surface area contributed by atoms with E-state index in [9.17, 15) is 9.59 Å². The number of aromatic nitrogens is 1. The molecule has 3 heterocycles. The first-order chi connectivity index (χ1) is 9.45. The van der Waals surface area contributed by atoms with E-state index in [0.717, 1.165) is 14.4 Å². The van der Waals surface area contributed by atoms with Gasteiger partial charge in [-0.05, 0) is 24.4 Å². The molecule has 0 unspecified atom stereocenters. The Balaban J connectivity index is 2.04. The van der Waals surface area contributed by atoms with Gasteiger partial charge >= 0.3 is 0 Å². The van der Waals surface area contributed by atoms with Crippen LogP contribution in [0.15, 0.2) is 11.8 Å². The predicted molar refractivity (Wildman–Crippen MR) is 83.1 cm³/mol. The van der Waals surface area contributed by atoms with Gasteiger partial charge in [0.15, 0.2) is 10.2 Å². The van der Waals surface area contributed by atoms with Crippen LogP contribution in [0.4, 0.5) is 5.13 Å². The molecule has 3 N–H and O–H groups in total. The fraction of sp³-hybridized carbons (Fsp3) is 0.0909. The zero-order valence-corrected chi connectivity index (χ0v) is 12.6. The van der Waals surface area contributed by atoms with Gasteiger partial charge in [-0.3, -0.25) is 19.8 Å². The summed E-state index contributed by atoms with van der Waals surface area (Å²) in [6.07, 6.45) is 1.63. The monoisotopic (exact) mass is 324 g/mol. The molecule has 102 valence electrons. The Morgan fingerprint density at radius 3 is 2.95 bits per heavy atom. The Morgan fingerprint density at radius 2 is 2.30 bits per heavy atom. The molecule has 0 atom stereocenters. The van der Waals surface area contributed by atoms with E-state index < -0.39 is 0 Å². The van der Waals surface area contributed by atoms with Gasteiger partial charge in [-0.25, -0.2) is 4.98 Å². The van der Waals surface area contributed by atoms with Crippen LogP contribution in [0.3, 0.4) is 0 Å². The molecular weight excluding hydrogens is 316 g/mol. The molecule has 2 amide bonds. The highest BCUT2D eigenvalue weighted by atomic mass is 32.1. The van der Waals surface area contributed by atoms with Crippen molar-refractivity contribution < 1.29 is 9.59 Å². The third-order valence-electron chi connectivity index (χ3n) is 2.62. The normalized spacial score (nSPS) is 17.2. The van der Waals surface area contributed by atoms with E-state index in [4.69, 9.17) is 18.0 Å². The van der Waals surface area contributed by atoms with E-state index in [0.29, 0.717) is 5.13 Å². The van der Waals surface area contributed by atoms with Crippen molar-refractivity contribution in [2.75, 3.05) is 5.73 Å². The number of nitrogen functional groups attached to an aromatic ring is 1. The van der Waals surface area contributed by atoms with Crippen molar-refractivity contribution in [2.45, 2.75) is 6.92 Å². The first-order valence-electron chi connectivity index (χ1n) is 5.49. The summed E-state index contributed by atoms with van der Waals surface area (Å²) in [6, 6.07) is 1.88. The molecule has 20 heavy (non-hydrogen) atoms. The number of thiophene rings is 1. The molecule has 0 aromatic carbocycles. The quantitative estimate of drug-likeness (QED) is 0.614. The molecule has 0 bridgehead atoms. The molecule has 3 rings (SSSR count). The van der Waals surface area contributed by atoms with Crippen LogP contribution in [0.1, 0.15) is 11.8 Å². The number of carbonyl (C=O) groups is 2. The van der Waals surface area contributed by atoms with Crippen LogP contribution in [-0.4, -0.2) is 26.8 Å². The third-order valence-corrected chi connectivity index (χ3v) is 4.84. The first kappa shape index (κ1) is 13.2. The largest absolute Gasteiger partial charge is 0.375 e. The van der Waals surface area contributed by atoms with Gasteiger partial charge in [-0.15, -0.1) is 11.3 Å². The van der Waals surface area contributed by atoms with Crippen molar-refractivity contribution >= 4 is 72.6 Å². The van der Waals surface area contributed by atoms with Gasteiger partial charge < -0.3 is 5.73 Å². The molecule has 1 aliphatic heterocycles. The van der Waals surface area contributed by atoms with E-state index in [1.807, 2.05) is 6.07 Å². The predicted octanol–water partition coefficient (Wildman–Crippen LogP) is 1.54. The van der Waals surface area contributed by atoms with Crippen molar-refractivity contribution in [2.24, 2.45) is 0 Å². The Hall–Kier alpha value is -1.84. The van der Waals surface area contributed by atoms with E-state index >= 15 is 0 Å². The SMILES string of the molecule is CC(=O)N1C(=S)NC(=O)/C1=C/c1cc2sc(N)nc2s1. The van der Waals surface area contributed by atoms with Gasteiger partial charge in [0.25, 0.3) is 5.91 Å². The zero-order chi connectivity index (χ0) is 14.4. The number of rotatable bonds is 1. The maximum atomic E-state index is 11.8. The average Bonchev–Trinajstić information content (AvgIpc) is 2.91. The van der Waals surface area contributed by atoms with Gasteiger partial charge in [0.1, 0.15) is 10.5 Å². The van der Waals surface area contributed by atoms with Crippen LogP contribution in [0.25, 0.3) is 15.6 Å². The number of nitrogens with one attached hydrogen (secondary N) is 1. The van der Waals surface area contributed by atoms with Crippen LogP contribution >= 0.6 is 34.9 Å². The number of thiocarbonyl (C=S) groups is 1. The lowest BCUT2D eigenvalue weighted by atomic mass is 10.3. The average molecular weight is 324 g/mol. The molecule has 2 aromatic rings. The summed E-state index contributed by atoms with van der Waals surface area (Å²) in [4.78, 5) is 30.4. The van der Waals surface area contributed by atoms with Crippen LogP contribution in [-0.2, 0) is 9.59 Å². The van der Waals surface area contributed by atoms with Crippen LogP contribution in [0.2, 0.25) is 0 Å². The smallest absolute Gasteiger partial charge is 0.274 e. The van der Waals surface area contributed by atoms with Crippen molar-refractivity contribution in [3.8, 4) is 0 Å². The fourth-order valence-electron chi connectivity index (χ4n) is 1.85. The lowest BCUT2D eigenvalue weighted by molar-refractivity contribution is -0.125. The summed E-state index contributed by atoms with van der Waals surface area (Å²) in [7, 11) is 0. The van der Waals surface area contributed by atoms with Crippen LogP contribution in [0, 0.1) is 0 Å². The highest BCUT2D eigenvalue weighted by Crippen LogP contribution is 2.33. The van der Waals surface area contributed by atoms with E-state index in [1.165, 1.54) is 34.5 Å². The summed E-state index contributed by atoms with van der Waals surface area (Å²) >= 11 is 7.74. The number of hydrogen-bond acceptors (Lipinski definition) is 7. The number of amides is 2. The maximum Gasteiger partial charge on any atom is 0.274 e. The molecule has 1 aliphatic rings. The van der Waals surface area contributed by atoms with E-state index in [-0.39, 0.29) is 22.6 Å². The second-order valence-corrected chi connectivity index (χ2v) is 6.52. The molecule has 0 spiro atoms. The minimum Gasteiger partial charge on any atom is -0.375 e. The molecule has 0 aliphatic carbocycles. The lowest BCUT2D eigenvalue weighted by Gasteiger charge is -2.11. The molecule has 1 fully saturated rings. The number of fused-ring (bicyclic) bond motifs is 1. The second kappa shape index (κ2) is 4.62. The Kier molecular flexibility index (Phi) is 3.04. The fourth-order valence-corrected chi connectivity index (χ4v) is 4.10. The maximum absolute atomic E-state index is 11.8. The molecule has 2 aromatic heterocycles. The minimum atomic E-state index is -0.380. The van der Waals surface area contributed by atoms with Gasteiger partial charge in [-0.1, -0.05) is 11.3 Å². The molecule has 0 radical (unpaired) electrons. The standard InChI is InChI=1S/C11H8N4O2S3/c1-4(16)15-6(8(17)13-11(15)18)2-5-3-7-9(19-5)14-10(12)20-7/h2-3H,1H3,(H2,12,14)(H,13,17,18)/b6-2-. The number of hydrogen-bond donors (Lipinski definition) is 2. The second-order valence-electron chi connectivity index (χ2n) is 4.01. The van der Waals surface area contributed by atoms with Crippen LogP contribution < -0.4 is 11.1 Å².